The van der Waals surface area contributed by atoms with Crippen molar-refractivity contribution >= 4 is 5.91 Å². The standard InChI is InChI=1S/C12H23NO2/c1-10(14)6-5-9-13-12(15)11-7-3-2-4-8-11/h10-11,14H,2-9H2,1H3,(H,13,15). The van der Waals surface area contributed by atoms with Gasteiger partial charge in [-0.2, -0.15) is 0 Å². The van der Waals surface area contributed by atoms with Gasteiger partial charge in [-0.3, -0.25) is 4.79 Å². The van der Waals surface area contributed by atoms with Crippen molar-refractivity contribution in [2.45, 2.75) is 58.0 Å². The summed E-state index contributed by atoms with van der Waals surface area (Å²) in [6.45, 7) is 2.49. The van der Waals surface area contributed by atoms with Gasteiger partial charge in [0.2, 0.25) is 5.91 Å². The zero-order chi connectivity index (χ0) is 11.1. The van der Waals surface area contributed by atoms with Gasteiger partial charge in [0.1, 0.15) is 0 Å². The molecule has 1 aliphatic rings. The van der Waals surface area contributed by atoms with E-state index in [1.165, 1.54) is 19.3 Å². The maximum atomic E-state index is 11.7. The summed E-state index contributed by atoms with van der Waals surface area (Å²) in [5, 5.41) is 12.0. The molecule has 1 atom stereocenters. The van der Waals surface area contributed by atoms with Crippen molar-refractivity contribution in [3.63, 3.8) is 0 Å². The predicted molar refractivity (Wildman–Crippen MR) is 60.5 cm³/mol. The molecular weight excluding hydrogens is 190 g/mol. The van der Waals surface area contributed by atoms with Gasteiger partial charge in [-0.15, -0.1) is 0 Å². The monoisotopic (exact) mass is 213 g/mol. The van der Waals surface area contributed by atoms with E-state index in [-0.39, 0.29) is 17.9 Å². The van der Waals surface area contributed by atoms with Gasteiger partial charge in [-0.1, -0.05) is 19.3 Å². The van der Waals surface area contributed by atoms with Crippen LogP contribution in [0.3, 0.4) is 0 Å². The van der Waals surface area contributed by atoms with Crippen LogP contribution >= 0.6 is 0 Å². The molecule has 88 valence electrons. The first-order valence-corrected chi connectivity index (χ1v) is 6.16. The number of aliphatic hydroxyl groups is 1. The summed E-state index contributed by atoms with van der Waals surface area (Å²) in [5.74, 6) is 0.477. The molecule has 1 aliphatic carbocycles. The molecule has 1 saturated carbocycles. The van der Waals surface area contributed by atoms with Crippen LogP contribution in [0.15, 0.2) is 0 Å². The summed E-state index contributed by atoms with van der Waals surface area (Å²) >= 11 is 0. The van der Waals surface area contributed by atoms with Gasteiger partial charge in [0, 0.05) is 12.5 Å². The Morgan fingerprint density at radius 1 is 1.40 bits per heavy atom. The SMILES string of the molecule is CC(O)CCCNC(=O)C1CCCCC1. The molecule has 3 nitrogen and oxygen atoms in total. The number of nitrogens with one attached hydrogen (secondary N) is 1. The lowest BCUT2D eigenvalue weighted by Gasteiger charge is -2.20. The maximum absolute atomic E-state index is 11.7. The number of hydrogen-bond donors (Lipinski definition) is 2. The first-order chi connectivity index (χ1) is 7.20. The largest absolute Gasteiger partial charge is 0.393 e. The minimum atomic E-state index is -0.253. The van der Waals surface area contributed by atoms with E-state index in [2.05, 4.69) is 5.32 Å². The Hall–Kier alpha value is -0.570. The number of carbonyl (C=O) groups excluding carboxylic acids is 1. The lowest BCUT2D eigenvalue weighted by atomic mass is 9.89. The predicted octanol–water partition coefficient (Wildman–Crippen LogP) is 1.84. The Morgan fingerprint density at radius 2 is 2.07 bits per heavy atom. The lowest BCUT2D eigenvalue weighted by Crippen LogP contribution is -2.32. The molecule has 2 N–H and O–H groups in total. The van der Waals surface area contributed by atoms with E-state index in [1.54, 1.807) is 6.92 Å². The Morgan fingerprint density at radius 3 is 2.67 bits per heavy atom. The smallest absolute Gasteiger partial charge is 0.223 e. The fraction of sp³-hybridized carbons (Fsp3) is 0.917. The molecule has 0 bridgehead atoms. The second-order valence-electron chi connectivity index (χ2n) is 4.62. The van der Waals surface area contributed by atoms with E-state index in [4.69, 9.17) is 5.11 Å². The van der Waals surface area contributed by atoms with E-state index >= 15 is 0 Å². The molecule has 0 saturated heterocycles. The normalized spacial score (nSPS) is 19.9. The third kappa shape index (κ3) is 5.17. The average Bonchev–Trinajstić information content (AvgIpc) is 2.25. The molecule has 0 spiro atoms. The van der Waals surface area contributed by atoms with Crippen molar-refractivity contribution in [1.82, 2.24) is 5.32 Å². The van der Waals surface area contributed by atoms with E-state index in [0.717, 1.165) is 25.7 Å². The molecule has 0 aromatic rings. The molecule has 0 aliphatic heterocycles. The topological polar surface area (TPSA) is 49.3 Å². The zero-order valence-corrected chi connectivity index (χ0v) is 9.67. The number of amides is 1. The Bertz CT molecular complexity index is 186. The van der Waals surface area contributed by atoms with Crippen LogP contribution in [0.25, 0.3) is 0 Å². The van der Waals surface area contributed by atoms with Crippen LogP contribution < -0.4 is 5.32 Å². The second-order valence-corrected chi connectivity index (χ2v) is 4.62. The van der Waals surface area contributed by atoms with E-state index in [1.807, 2.05) is 0 Å². The second kappa shape index (κ2) is 6.83. The Labute approximate surface area is 92.3 Å². The Kier molecular flexibility index (Phi) is 5.69. The minimum Gasteiger partial charge on any atom is -0.393 e. The molecule has 15 heavy (non-hydrogen) atoms. The van der Waals surface area contributed by atoms with Gasteiger partial charge < -0.3 is 10.4 Å². The molecule has 3 heteroatoms. The first-order valence-electron chi connectivity index (χ1n) is 6.16. The van der Waals surface area contributed by atoms with E-state index in [9.17, 15) is 4.79 Å². The summed E-state index contributed by atoms with van der Waals surface area (Å²) in [6, 6.07) is 0. The van der Waals surface area contributed by atoms with Crippen LogP contribution in [0.4, 0.5) is 0 Å². The molecule has 0 radical (unpaired) electrons. The molecule has 1 unspecified atom stereocenters. The van der Waals surface area contributed by atoms with Gasteiger partial charge >= 0.3 is 0 Å². The van der Waals surface area contributed by atoms with Gasteiger partial charge in [0.15, 0.2) is 0 Å². The van der Waals surface area contributed by atoms with Crippen molar-refractivity contribution in [2.24, 2.45) is 5.92 Å². The fourth-order valence-corrected chi connectivity index (χ4v) is 2.12. The molecule has 1 fully saturated rings. The minimum absolute atomic E-state index is 0.222. The number of aliphatic hydroxyl groups excluding tert-OH is 1. The zero-order valence-electron chi connectivity index (χ0n) is 9.67. The third-order valence-electron chi connectivity index (χ3n) is 3.07. The van der Waals surface area contributed by atoms with E-state index in [0.29, 0.717) is 6.54 Å². The highest BCUT2D eigenvalue weighted by molar-refractivity contribution is 5.78. The van der Waals surface area contributed by atoms with Crippen molar-refractivity contribution in [3.05, 3.63) is 0 Å². The van der Waals surface area contributed by atoms with Gasteiger partial charge in [0.05, 0.1) is 6.10 Å². The summed E-state index contributed by atoms with van der Waals surface area (Å²) in [6.07, 6.45) is 7.19. The number of rotatable bonds is 5. The van der Waals surface area contributed by atoms with Crippen LogP contribution in [0.2, 0.25) is 0 Å². The molecule has 1 amide bonds. The summed E-state index contributed by atoms with van der Waals surface area (Å²) in [4.78, 5) is 11.7. The molecule has 0 heterocycles. The third-order valence-corrected chi connectivity index (χ3v) is 3.07. The first kappa shape index (κ1) is 12.5. The van der Waals surface area contributed by atoms with Crippen LogP contribution in [-0.2, 0) is 4.79 Å². The van der Waals surface area contributed by atoms with Crippen LogP contribution in [0.1, 0.15) is 51.9 Å². The van der Waals surface area contributed by atoms with Gasteiger partial charge in [0.25, 0.3) is 0 Å². The van der Waals surface area contributed by atoms with Gasteiger partial charge in [-0.05, 0) is 32.6 Å². The number of carbonyl (C=O) groups is 1. The van der Waals surface area contributed by atoms with Crippen molar-refractivity contribution in [3.8, 4) is 0 Å². The fourth-order valence-electron chi connectivity index (χ4n) is 2.12. The van der Waals surface area contributed by atoms with E-state index < -0.39 is 0 Å². The molecule has 1 rings (SSSR count). The lowest BCUT2D eigenvalue weighted by molar-refractivity contribution is -0.125. The quantitative estimate of drug-likeness (QED) is 0.685. The van der Waals surface area contributed by atoms with Crippen LogP contribution in [-0.4, -0.2) is 23.7 Å². The highest BCUT2D eigenvalue weighted by Gasteiger charge is 2.20. The highest BCUT2D eigenvalue weighted by Crippen LogP contribution is 2.23. The molecule has 0 aromatic heterocycles. The average molecular weight is 213 g/mol. The van der Waals surface area contributed by atoms with Crippen LogP contribution in [0, 0.1) is 5.92 Å². The number of hydrogen-bond acceptors (Lipinski definition) is 2. The van der Waals surface area contributed by atoms with Crippen molar-refractivity contribution in [1.29, 1.82) is 0 Å². The van der Waals surface area contributed by atoms with Crippen LogP contribution in [0.5, 0.6) is 0 Å². The summed E-state index contributed by atoms with van der Waals surface area (Å²) < 4.78 is 0. The Balaban J connectivity index is 2.07. The summed E-state index contributed by atoms with van der Waals surface area (Å²) in [5.41, 5.74) is 0. The molecular formula is C12H23NO2. The highest BCUT2D eigenvalue weighted by atomic mass is 16.3. The van der Waals surface area contributed by atoms with Crippen molar-refractivity contribution in [2.75, 3.05) is 6.54 Å². The van der Waals surface area contributed by atoms with Crippen molar-refractivity contribution < 1.29 is 9.90 Å². The summed E-state index contributed by atoms with van der Waals surface area (Å²) in [7, 11) is 0. The maximum Gasteiger partial charge on any atom is 0.223 e. The van der Waals surface area contributed by atoms with Gasteiger partial charge in [-0.25, -0.2) is 0 Å². The molecule has 0 aromatic carbocycles.